The third kappa shape index (κ3) is 2.42. The first-order chi connectivity index (χ1) is 7.79. The fourth-order valence-corrected chi connectivity index (χ4v) is 1.75. The van der Waals surface area contributed by atoms with Crippen molar-refractivity contribution in [3.05, 3.63) is 35.4 Å². The van der Waals surface area contributed by atoms with Gasteiger partial charge in [0, 0.05) is 12.1 Å². The molecule has 2 rings (SSSR count). The number of amides is 1. The second-order valence-corrected chi connectivity index (χ2v) is 3.80. The van der Waals surface area contributed by atoms with Gasteiger partial charge in [-0.15, -0.1) is 0 Å². The number of rotatable bonds is 2. The van der Waals surface area contributed by atoms with Crippen LogP contribution in [0, 0.1) is 0 Å². The Balaban J connectivity index is 2.17. The van der Waals surface area contributed by atoms with E-state index in [2.05, 4.69) is 5.32 Å². The second kappa shape index (κ2) is 4.84. The SMILES string of the molecule is COc1ccc(/C=C2/CCCNC2=O)cc1. The van der Waals surface area contributed by atoms with E-state index in [9.17, 15) is 4.79 Å². The first-order valence-corrected chi connectivity index (χ1v) is 5.42. The highest BCUT2D eigenvalue weighted by Crippen LogP contribution is 2.17. The summed E-state index contributed by atoms with van der Waals surface area (Å²) < 4.78 is 5.08. The zero-order valence-corrected chi connectivity index (χ0v) is 9.32. The van der Waals surface area contributed by atoms with Crippen LogP contribution in [0.1, 0.15) is 18.4 Å². The molecule has 0 spiro atoms. The summed E-state index contributed by atoms with van der Waals surface area (Å²) in [6, 6.07) is 7.70. The van der Waals surface area contributed by atoms with Gasteiger partial charge in [-0.3, -0.25) is 4.79 Å². The summed E-state index contributed by atoms with van der Waals surface area (Å²) >= 11 is 0. The molecule has 0 unspecified atom stereocenters. The maximum Gasteiger partial charge on any atom is 0.247 e. The maximum atomic E-state index is 11.5. The van der Waals surface area contributed by atoms with Crippen LogP contribution in [0.25, 0.3) is 6.08 Å². The summed E-state index contributed by atoms with van der Waals surface area (Å²) in [6.07, 6.45) is 3.82. The number of methoxy groups -OCH3 is 1. The Kier molecular flexibility index (Phi) is 3.25. The summed E-state index contributed by atoms with van der Waals surface area (Å²) in [6.45, 7) is 0.790. The normalized spacial score (nSPS) is 18.3. The molecule has 1 aliphatic rings. The lowest BCUT2D eigenvalue weighted by Gasteiger charge is -2.14. The fraction of sp³-hybridized carbons (Fsp3) is 0.308. The minimum Gasteiger partial charge on any atom is -0.497 e. The minimum atomic E-state index is 0.0575. The van der Waals surface area contributed by atoms with E-state index < -0.39 is 0 Å². The van der Waals surface area contributed by atoms with Crippen LogP contribution in [0.5, 0.6) is 5.75 Å². The lowest BCUT2D eigenvalue weighted by atomic mass is 10.0. The lowest BCUT2D eigenvalue weighted by molar-refractivity contribution is -0.118. The van der Waals surface area contributed by atoms with Crippen molar-refractivity contribution in [2.24, 2.45) is 0 Å². The Morgan fingerprint density at radius 3 is 2.69 bits per heavy atom. The van der Waals surface area contributed by atoms with Gasteiger partial charge in [-0.25, -0.2) is 0 Å². The number of benzene rings is 1. The molecule has 1 amide bonds. The van der Waals surface area contributed by atoms with E-state index in [-0.39, 0.29) is 5.91 Å². The Bertz CT molecular complexity index is 406. The number of hydrogen-bond donors (Lipinski definition) is 1. The van der Waals surface area contributed by atoms with Crippen LogP contribution in [0.2, 0.25) is 0 Å². The number of carbonyl (C=O) groups is 1. The van der Waals surface area contributed by atoms with Gasteiger partial charge in [0.05, 0.1) is 7.11 Å². The van der Waals surface area contributed by atoms with E-state index in [0.29, 0.717) is 0 Å². The van der Waals surface area contributed by atoms with Crippen molar-refractivity contribution in [2.45, 2.75) is 12.8 Å². The van der Waals surface area contributed by atoms with Crippen LogP contribution < -0.4 is 10.1 Å². The molecule has 0 saturated carbocycles. The van der Waals surface area contributed by atoms with Crippen LogP contribution in [0.15, 0.2) is 29.8 Å². The highest BCUT2D eigenvalue weighted by Gasteiger charge is 2.13. The van der Waals surface area contributed by atoms with Gasteiger partial charge in [-0.1, -0.05) is 12.1 Å². The van der Waals surface area contributed by atoms with Crippen LogP contribution in [0.3, 0.4) is 0 Å². The number of nitrogens with one attached hydrogen (secondary N) is 1. The van der Waals surface area contributed by atoms with Crippen molar-refractivity contribution >= 4 is 12.0 Å². The van der Waals surface area contributed by atoms with E-state index in [1.807, 2.05) is 30.3 Å². The highest BCUT2D eigenvalue weighted by molar-refractivity contribution is 5.98. The van der Waals surface area contributed by atoms with Crippen LogP contribution in [0.4, 0.5) is 0 Å². The Morgan fingerprint density at radius 2 is 2.06 bits per heavy atom. The first kappa shape index (κ1) is 10.7. The number of hydrogen-bond acceptors (Lipinski definition) is 2. The maximum absolute atomic E-state index is 11.5. The molecular weight excluding hydrogens is 202 g/mol. The van der Waals surface area contributed by atoms with E-state index in [1.165, 1.54) is 0 Å². The van der Waals surface area contributed by atoms with Crippen molar-refractivity contribution in [3.8, 4) is 5.75 Å². The molecule has 0 aliphatic carbocycles. The Hall–Kier alpha value is -1.77. The van der Waals surface area contributed by atoms with Gasteiger partial charge in [0.1, 0.15) is 5.75 Å². The summed E-state index contributed by atoms with van der Waals surface area (Å²) in [5, 5.41) is 2.84. The first-order valence-electron chi connectivity index (χ1n) is 5.42. The minimum absolute atomic E-state index is 0.0575. The molecule has 0 aromatic heterocycles. The molecule has 3 heteroatoms. The van der Waals surface area contributed by atoms with Crippen molar-refractivity contribution < 1.29 is 9.53 Å². The largest absolute Gasteiger partial charge is 0.497 e. The third-order valence-corrected chi connectivity index (χ3v) is 2.66. The van der Waals surface area contributed by atoms with Crippen LogP contribution >= 0.6 is 0 Å². The molecule has 1 fully saturated rings. The van der Waals surface area contributed by atoms with Crippen molar-refractivity contribution in [2.75, 3.05) is 13.7 Å². The average Bonchev–Trinajstić information content (AvgIpc) is 2.33. The molecule has 16 heavy (non-hydrogen) atoms. The number of carbonyl (C=O) groups excluding carboxylic acids is 1. The van der Waals surface area contributed by atoms with Crippen LogP contribution in [-0.2, 0) is 4.79 Å². The molecule has 84 valence electrons. The standard InChI is InChI=1S/C13H15NO2/c1-16-12-6-4-10(5-7-12)9-11-3-2-8-14-13(11)15/h4-7,9H,2-3,8H2,1H3,(H,14,15)/b11-9-. The molecule has 1 saturated heterocycles. The summed E-state index contributed by atoms with van der Waals surface area (Å²) in [7, 11) is 1.64. The van der Waals surface area contributed by atoms with Gasteiger partial charge in [-0.2, -0.15) is 0 Å². The zero-order chi connectivity index (χ0) is 11.4. The second-order valence-electron chi connectivity index (χ2n) is 3.80. The van der Waals surface area contributed by atoms with Gasteiger partial charge in [0.15, 0.2) is 0 Å². The highest BCUT2D eigenvalue weighted by atomic mass is 16.5. The molecular formula is C13H15NO2. The van der Waals surface area contributed by atoms with Gasteiger partial charge in [0.2, 0.25) is 5.91 Å². The van der Waals surface area contributed by atoms with E-state index >= 15 is 0 Å². The average molecular weight is 217 g/mol. The molecule has 1 aliphatic heterocycles. The summed E-state index contributed by atoms with van der Waals surface area (Å²) in [5.74, 6) is 0.886. The van der Waals surface area contributed by atoms with Gasteiger partial charge >= 0.3 is 0 Å². The molecule has 0 bridgehead atoms. The molecule has 1 N–H and O–H groups in total. The van der Waals surface area contributed by atoms with Crippen LogP contribution in [-0.4, -0.2) is 19.6 Å². The van der Waals surface area contributed by atoms with E-state index in [4.69, 9.17) is 4.74 Å². The molecule has 1 heterocycles. The lowest BCUT2D eigenvalue weighted by Crippen LogP contribution is -2.30. The van der Waals surface area contributed by atoms with Crippen molar-refractivity contribution in [3.63, 3.8) is 0 Å². The van der Waals surface area contributed by atoms with Gasteiger partial charge in [0.25, 0.3) is 0 Å². The van der Waals surface area contributed by atoms with Gasteiger partial charge in [-0.05, 0) is 36.6 Å². The molecule has 1 aromatic carbocycles. The smallest absolute Gasteiger partial charge is 0.247 e. The topological polar surface area (TPSA) is 38.3 Å². The quantitative estimate of drug-likeness (QED) is 0.769. The third-order valence-electron chi connectivity index (χ3n) is 2.66. The predicted molar refractivity (Wildman–Crippen MR) is 63.2 cm³/mol. The van der Waals surface area contributed by atoms with Crippen molar-refractivity contribution in [1.29, 1.82) is 0 Å². The monoisotopic (exact) mass is 217 g/mol. The zero-order valence-electron chi connectivity index (χ0n) is 9.32. The summed E-state index contributed by atoms with van der Waals surface area (Å²) in [4.78, 5) is 11.5. The van der Waals surface area contributed by atoms with Gasteiger partial charge < -0.3 is 10.1 Å². The van der Waals surface area contributed by atoms with Crippen molar-refractivity contribution in [1.82, 2.24) is 5.32 Å². The number of ether oxygens (including phenoxy) is 1. The molecule has 0 atom stereocenters. The fourth-order valence-electron chi connectivity index (χ4n) is 1.75. The van der Waals surface area contributed by atoms with E-state index in [0.717, 1.165) is 36.3 Å². The summed E-state index contributed by atoms with van der Waals surface area (Å²) in [5.41, 5.74) is 1.89. The Labute approximate surface area is 95.1 Å². The van der Waals surface area contributed by atoms with E-state index in [1.54, 1.807) is 7.11 Å². The molecule has 0 radical (unpaired) electrons. The number of piperidine rings is 1. The Morgan fingerprint density at radius 1 is 1.31 bits per heavy atom. The predicted octanol–water partition coefficient (Wildman–Crippen LogP) is 1.99. The molecule has 3 nitrogen and oxygen atoms in total. The molecule has 1 aromatic rings.